The number of hydrogen-bond donors (Lipinski definition) is 2. The monoisotopic (exact) mass is 254 g/mol. The summed E-state index contributed by atoms with van der Waals surface area (Å²) in [6, 6.07) is 6.30. The lowest BCUT2D eigenvalue weighted by Crippen LogP contribution is -2.41. The van der Waals surface area contributed by atoms with Gasteiger partial charge in [-0.1, -0.05) is 12.1 Å². The number of carbonyl (C=O) groups excluding carboxylic acids is 2. The van der Waals surface area contributed by atoms with Gasteiger partial charge in [-0.05, 0) is 17.7 Å². The highest BCUT2D eigenvalue weighted by Crippen LogP contribution is 2.08. The first kappa shape index (κ1) is 11.9. The van der Waals surface area contributed by atoms with E-state index in [1.165, 1.54) is 0 Å². The van der Waals surface area contributed by atoms with E-state index >= 15 is 0 Å². The molecule has 2 rings (SSSR count). The molecule has 1 atom stereocenters. The molecule has 2 amide bonds. The van der Waals surface area contributed by atoms with Gasteiger partial charge in [0.25, 0.3) is 11.8 Å². The molecule has 1 aromatic carbocycles. The van der Waals surface area contributed by atoms with Gasteiger partial charge in [0.2, 0.25) is 0 Å². The molecule has 0 saturated carbocycles. The van der Waals surface area contributed by atoms with Crippen molar-refractivity contribution in [1.29, 1.82) is 0 Å². The van der Waals surface area contributed by atoms with E-state index in [0.717, 1.165) is 5.56 Å². The third-order valence-electron chi connectivity index (χ3n) is 2.39. The minimum Gasteiger partial charge on any atom is -0.338 e. The molecule has 2 N–H and O–H groups in total. The highest BCUT2D eigenvalue weighted by molar-refractivity contribution is 6.17. The van der Waals surface area contributed by atoms with Crippen molar-refractivity contribution in [2.24, 2.45) is 0 Å². The zero-order valence-corrected chi connectivity index (χ0v) is 9.66. The van der Waals surface area contributed by atoms with Crippen LogP contribution in [0.4, 0.5) is 0 Å². The van der Waals surface area contributed by atoms with Crippen molar-refractivity contribution >= 4 is 23.4 Å². The molecule has 0 unspecified atom stereocenters. The van der Waals surface area contributed by atoms with Crippen LogP contribution in [-0.2, 0) is 15.5 Å². The van der Waals surface area contributed by atoms with E-state index in [-0.39, 0.29) is 18.4 Å². The molecule has 90 valence electrons. The summed E-state index contributed by atoms with van der Waals surface area (Å²) in [6.07, 6.45) is 0. The molecule has 0 aromatic heterocycles. The topological polar surface area (TPSA) is 67.4 Å². The number of alkyl halides is 1. The van der Waals surface area contributed by atoms with Crippen LogP contribution in [0, 0.1) is 0 Å². The van der Waals surface area contributed by atoms with Crippen molar-refractivity contribution in [1.82, 2.24) is 10.8 Å². The molecule has 17 heavy (non-hydrogen) atoms. The van der Waals surface area contributed by atoms with Crippen molar-refractivity contribution in [3.05, 3.63) is 35.4 Å². The Balaban J connectivity index is 2.06. The Hall–Kier alpha value is -1.59. The summed E-state index contributed by atoms with van der Waals surface area (Å²) in [5, 5.41) is 2.58. The molecule has 1 aliphatic rings. The van der Waals surface area contributed by atoms with Gasteiger partial charge in [0, 0.05) is 11.4 Å². The summed E-state index contributed by atoms with van der Waals surface area (Å²) >= 11 is 5.68. The quantitative estimate of drug-likeness (QED) is 0.776. The van der Waals surface area contributed by atoms with E-state index < -0.39 is 6.04 Å². The second kappa shape index (κ2) is 5.16. The summed E-state index contributed by atoms with van der Waals surface area (Å²) in [6.45, 7) is 0.139. The van der Waals surface area contributed by atoms with Gasteiger partial charge in [0.1, 0.15) is 12.6 Å². The van der Waals surface area contributed by atoms with Crippen LogP contribution in [0.25, 0.3) is 0 Å². The fraction of sp³-hybridized carbons (Fsp3) is 0.273. The molecule has 6 heteroatoms. The molecule has 0 aliphatic carbocycles. The summed E-state index contributed by atoms with van der Waals surface area (Å²) in [7, 11) is 0. The van der Waals surface area contributed by atoms with Gasteiger partial charge in [0.15, 0.2) is 0 Å². The number of halogens is 1. The van der Waals surface area contributed by atoms with E-state index in [4.69, 9.17) is 16.4 Å². The molecule has 1 fully saturated rings. The Morgan fingerprint density at radius 1 is 1.59 bits per heavy atom. The third kappa shape index (κ3) is 2.75. The van der Waals surface area contributed by atoms with Crippen molar-refractivity contribution in [2.45, 2.75) is 11.9 Å². The minimum atomic E-state index is -0.637. The first-order valence-electron chi connectivity index (χ1n) is 5.08. The van der Waals surface area contributed by atoms with Crippen LogP contribution in [0.5, 0.6) is 0 Å². The lowest BCUT2D eigenvalue weighted by molar-refractivity contribution is -0.125. The molecule has 1 aromatic rings. The zero-order valence-electron chi connectivity index (χ0n) is 8.90. The van der Waals surface area contributed by atoms with Gasteiger partial charge in [-0.15, -0.1) is 11.6 Å². The van der Waals surface area contributed by atoms with Crippen LogP contribution >= 0.6 is 11.6 Å². The Morgan fingerprint density at radius 2 is 2.41 bits per heavy atom. The first-order chi connectivity index (χ1) is 8.20. The van der Waals surface area contributed by atoms with Crippen molar-refractivity contribution in [2.75, 3.05) is 6.61 Å². The largest absolute Gasteiger partial charge is 0.338 e. The van der Waals surface area contributed by atoms with Gasteiger partial charge in [-0.2, -0.15) is 0 Å². The second-order valence-electron chi connectivity index (χ2n) is 3.64. The van der Waals surface area contributed by atoms with E-state index in [0.29, 0.717) is 11.4 Å². The van der Waals surface area contributed by atoms with Crippen LogP contribution < -0.4 is 10.8 Å². The molecule has 0 radical (unpaired) electrons. The van der Waals surface area contributed by atoms with E-state index in [1.807, 2.05) is 6.07 Å². The van der Waals surface area contributed by atoms with Gasteiger partial charge in [-0.3, -0.25) is 14.4 Å². The third-order valence-corrected chi connectivity index (χ3v) is 2.70. The van der Waals surface area contributed by atoms with Crippen molar-refractivity contribution < 1.29 is 14.4 Å². The molecule has 0 bridgehead atoms. The molecule has 1 saturated heterocycles. The Labute approximate surface area is 103 Å². The number of nitrogens with one attached hydrogen (secondary N) is 2. The van der Waals surface area contributed by atoms with Crippen LogP contribution in [0.3, 0.4) is 0 Å². The van der Waals surface area contributed by atoms with E-state index in [2.05, 4.69) is 10.8 Å². The Bertz CT molecular complexity index is 450. The zero-order chi connectivity index (χ0) is 12.3. The molecule has 0 spiro atoms. The highest BCUT2D eigenvalue weighted by atomic mass is 35.5. The lowest BCUT2D eigenvalue weighted by Gasteiger charge is -2.08. The number of hydrogen-bond acceptors (Lipinski definition) is 3. The van der Waals surface area contributed by atoms with Gasteiger partial charge in [0.05, 0.1) is 0 Å². The van der Waals surface area contributed by atoms with Crippen molar-refractivity contribution in [3.8, 4) is 0 Å². The Morgan fingerprint density at radius 3 is 3.06 bits per heavy atom. The molecular weight excluding hydrogens is 244 g/mol. The van der Waals surface area contributed by atoms with Crippen molar-refractivity contribution in [3.63, 3.8) is 0 Å². The predicted molar refractivity (Wildman–Crippen MR) is 61.3 cm³/mol. The minimum absolute atomic E-state index is 0.139. The normalized spacial score (nSPS) is 18.9. The van der Waals surface area contributed by atoms with Crippen LogP contribution in [0.15, 0.2) is 24.3 Å². The first-order valence-corrected chi connectivity index (χ1v) is 5.61. The van der Waals surface area contributed by atoms with E-state index in [9.17, 15) is 9.59 Å². The summed E-state index contributed by atoms with van der Waals surface area (Å²) in [5.41, 5.74) is 3.50. The number of hydroxylamine groups is 1. The van der Waals surface area contributed by atoms with Crippen LogP contribution in [0.2, 0.25) is 0 Å². The Kier molecular flexibility index (Phi) is 3.61. The molecule has 5 nitrogen and oxygen atoms in total. The average Bonchev–Trinajstić information content (AvgIpc) is 2.75. The maximum absolute atomic E-state index is 11.8. The summed E-state index contributed by atoms with van der Waals surface area (Å²) in [5.74, 6) is -0.316. The highest BCUT2D eigenvalue weighted by Gasteiger charge is 2.27. The molecule has 1 heterocycles. The van der Waals surface area contributed by atoms with Gasteiger partial charge < -0.3 is 5.32 Å². The SMILES string of the molecule is O=C(N[C@@H]1CONC1=O)c1cccc(CCl)c1. The van der Waals surface area contributed by atoms with E-state index in [1.54, 1.807) is 18.2 Å². The fourth-order valence-electron chi connectivity index (χ4n) is 1.49. The predicted octanol–water partition coefficient (Wildman–Crippen LogP) is 0.585. The maximum atomic E-state index is 11.8. The van der Waals surface area contributed by atoms with Crippen LogP contribution in [0.1, 0.15) is 15.9 Å². The van der Waals surface area contributed by atoms with Gasteiger partial charge in [-0.25, -0.2) is 5.48 Å². The van der Waals surface area contributed by atoms with Crippen LogP contribution in [-0.4, -0.2) is 24.5 Å². The number of benzene rings is 1. The fourth-order valence-corrected chi connectivity index (χ4v) is 1.65. The average molecular weight is 255 g/mol. The smallest absolute Gasteiger partial charge is 0.268 e. The second-order valence-corrected chi connectivity index (χ2v) is 3.90. The number of carbonyl (C=O) groups is 2. The summed E-state index contributed by atoms with van der Waals surface area (Å²) < 4.78 is 0. The number of amides is 2. The summed E-state index contributed by atoms with van der Waals surface area (Å²) in [4.78, 5) is 27.7. The van der Waals surface area contributed by atoms with Gasteiger partial charge >= 0.3 is 0 Å². The maximum Gasteiger partial charge on any atom is 0.268 e. The lowest BCUT2D eigenvalue weighted by atomic mass is 10.1. The molecule has 1 aliphatic heterocycles. The standard InChI is InChI=1S/C11H11ClN2O3/c12-5-7-2-1-3-8(4-7)10(15)13-9-6-17-14-11(9)16/h1-4,9H,5-6H2,(H,13,15)(H,14,16)/t9-/m1/s1. The number of rotatable bonds is 3. The molecular formula is C11H11ClN2O3.